The van der Waals surface area contributed by atoms with Crippen LogP contribution >= 0.6 is 11.3 Å². The third-order valence-corrected chi connectivity index (χ3v) is 9.69. The van der Waals surface area contributed by atoms with Crippen molar-refractivity contribution in [2.24, 2.45) is 5.92 Å². The van der Waals surface area contributed by atoms with Gasteiger partial charge in [0.05, 0.1) is 24.6 Å². The van der Waals surface area contributed by atoms with Gasteiger partial charge in [-0.15, -0.1) is 11.3 Å². The first kappa shape index (κ1) is 28.1. The van der Waals surface area contributed by atoms with Crippen molar-refractivity contribution in [2.45, 2.75) is 37.6 Å². The standard InChI is InChI=1S/C28H33FN2O5S2/c1-4-20(2)17-30(38(33,34)22-11-9-21(35-3)10-12-22)18-28(32)31-15-13-27-23(14-16-37-27)25(31)19-36-26-8-6-5-7-24(26)29/h5-12,14,16,20,25H,4,13,15,17-19H2,1-3H3/t20-,25-/m0/s1. The molecule has 0 saturated heterocycles. The second-order valence-electron chi connectivity index (χ2n) is 9.38. The van der Waals surface area contributed by atoms with Crippen LogP contribution in [0.4, 0.5) is 4.39 Å². The van der Waals surface area contributed by atoms with Gasteiger partial charge in [0.1, 0.15) is 12.4 Å². The number of nitrogens with zero attached hydrogens (tertiary/aromatic N) is 2. The SMILES string of the molecule is CC[C@H](C)CN(CC(=O)N1CCc2sccc2[C@@H]1COc1ccccc1F)S(=O)(=O)c1ccc(OC)cc1. The predicted octanol–water partition coefficient (Wildman–Crippen LogP) is 5.14. The van der Waals surface area contributed by atoms with Crippen LogP contribution < -0.4 is 9.47 Å². The molecule has 2 atom stereocenters. The van der Waals surface area contributed by atoms with Crippen LogP contribution in [-0.2, 0) is 21.2 Å². The molecule has 2 heterocycles. The molecule has 0 aliphatic carbocycles. The summed E-state index contributed by atoms with van der Waals surface area (Å²) in [4.78, 5) is 16.7. The van der Waals surface area contributed by atoms with E-state index in [4.69, 9.17) is 9.47 Å². The normalized spacial score (nSPS) is 16.2. The number of fused-ring (bicyclic) bond motifs is 1. The Balaban J connectivity index is 1.59. The molecule has 1 aromatic heterocycles. The van der Waals surface area contributed by atoms with Crippen LogP contribution in [0.5, 0.6) is 11.5 Å². The first-order valence-electron chi connectivity index (χ1n) is 12.6. The summed E-state index contributed by atoms with van der Waals surface area (Å²) in [6, 6.07) is 13.8. The van der Waals surface area contributed by atoms with Gasteiger partial charge in [0.2, 0.25) is 15.9 Å². The minimum atomic E-state index is -3.94. The number of hydrogen-bond acceptors (Lipinski definition) is 6. The molecule has 0 bridgehead atoms. The average molecular weight is 561 g/mol. The Morgan fingerprint density at radius 2 is 1.92 bits per heavy atom. The lowest BCUT2D eigenvalue weighted by Crippen LogP contribution is -2.48. The Labute approximate surface area is 227 Å². The average Bonchev–Trinajstić information content (AvgIpc) is 3.41. The van der Waals surface area contributed by atoms with Crippen LogP contribution in [0.3, 0.4) is 0 Å². The quantitative estimate of drug-likeness (QED) is 0.325. The van der Waals surface area contributed by atoms with E-state index in [9.17, 15) is 17.6 Å². The number of carbonyl (C=O) groups excluding carboxylic acids is 1. The first-order chi connectivity index (χ1) is 18.2. The molecular weight excluding hydrogens is 527 g/mol. The van der Waals surface area contributed by atoms with Gasteiger partial charge in [-0.1, -0.05) is 32.4 Å². The molecule has 7 nitrogen and oxygen atoms in total. The van der Waals surface area contributed by atoms with Crippen molar-refractivity contribution >= 4 is 27.3 Å². The van der Waals surface area contributed by atoms with Crippen molar-refractivity contribution < 1.29 is 27.1 Å². The van der Waals surface area contributed by atoms with Crippen molar-refractivity contribution in [1.29, 1.82) is 0 Å². The minimum absolute atomic E-state index is 0.0563. The number of methoxy groups -OCH3 is 1. The third kappa shape index (κ3) is 6.19. The molecule has 1 aliphatic heterocycles. The van der Waals surface area contributed by atoms with Crippen LogP contribution in [0.1, 0.15) is 36.8 Å². The number of para-hydroxylation sites is 1. The lowest BCUT2D eigenvalue weighted by Gasteiger charge is -2.37. The minimum Gasteiger partial charge on any atom is -0.497 e. The molecule has 38 heavy (non-hydrogen) atoms. The smallest absolute Gasteiger partial charge is 0.243 e. The van der Waals surface area contributed by atoms with E-state index < -0.39 is 21.9 Å². The highest BCUT2D eigenvalue weighted by atomic mass is 32.2. The Morgan fingerprint density at radius 1 is 1.18 bits per heavy atom. The topological polar surface area (TPSA) is 76.2 Å². The number of thiophene rings is 1. The molecule has 3 aromatic rings. The fourth-order valence-corrected chi connectivity index (χ4v) is 6.91. The summed E-state index contributed by atoms with van der Waals surface area (Å²) >= 11 is 1.61. The van der Waals surface area contributed by atoms with Gasteiger partial charge in [-0.05, 0) is 65.7 Å². The highest BCUT2D eigenvalue weighted by Crippen LogP contribution is 2.34. The van der Waals surface area contributed by atoms with E-state index in [1.165, 1.54) is 29.6 Å². The number of amides is 1. The van der Waals surface area contributed by atoms with Gasteiger partial charge in [-0.25, -0.2) is 12.8 Å². The Morgan fingerprint density at radius 3 is 2.61 bits per heavy atom. The van der Waals surface area contributed by atoms with Gasteiger partial charge in [0, 0.05) is 18.0 Å². The third-order valence-electron chi connectivity index (χ3n) is 6.87. The van der Waals surface area contributed by atoms with Gasteiger partial charge in [-0.2, -0.15) is 4.31 Å². The summed E-state index contributed by atoms with van der Waals surface area (Å²) in [5, 5.41) is 1.97. The van der Waals surface area contributed by atoms with Crippen LogP contribution in [0, 0.1) is 11.7 Å². The van der Waals surface area contributed by atoms with Gasteiger partial charge < -0.3 is 14.4 Å². The van der Waals surface area contributed by atoms with Gasteiger partial charge in [-0.3, -0.25) is 4.79 Å². The molecule has 2 aromatic carbocycles. The molecule has 204 valence electrons. The van der Waals surface area contributed by atoms with Crippen LogP contribution in [0.2, 0.25) is 0 Å². The molecule has 1 aliphatic rings. The van der Waals surface area contributed by atoms with E-state index in [0.29, 0.717) is 18.7 Å². The van der Waals surface area contributed by atoms with Crippen LogP contribution in [-0.4, -0.2) is 56.9 Å². The molecule has 0 unspecified atom stereocenters. The Kier molecular flexibility index (Phi) is 9.07. The first-order valence-corrected chi connectivity index (χ1v) is 14.9. The van der Waals surface area contributed by atoms with E-state index >= 15 is 0 Å². The van der Waals surface area contributed by atoms with Crippen molar-refractivity contribution in [3.8, 4) is 11.5 Å². The van der Waals surface area contributed by atoms with E-state index in [1.807, 2.05) is 25.3 Å². The van der Waals surface area contributed by atoms with Gasteiger partial charge in [0.15, 0.2) is 11.6 Å². The summed E-state index contributed by atoms with van der Waals surface area (Å²) in [7, 11) is -2.43. The predicted molar refractivity (Wildman–Crippen MR) is 146 cm³/mol. The maximum atomic E-state index is 14.2. The number of carbonyl (C=O) groups is 1. The zero-order valence-electron chi connectivity index (χ0n) is 21.8. The lowest BCUT2D eigenvalue weighted by atomic mass is 10.0. The molecule has 1 amide bonds. The van der Waals surface area contributed by atoms with Crippen molar-refractivity contribution in [3.05, 3.63) is 76.2 Å². The second-order valence-corrected chi connectivity index (χ2v) is 12.3. The Hall–Kier alpha value is -2.95. The van der Waals surface area contributed by atoms with Crippen LogP contribution in [0.15, 0.2) is 64.9 Å². The number of hydrogen-bond donors (Lipinski definition) is 0. The molecule has 0 fully saturated rings. The largest absolute Gasteiger partial charge is 0.497 e. The highest BCUT2D eigenvalue weighted by Gasteiger charge is 2.35. The molecular formula is C28H33FN2O5S2. The molecule has 0 spiro atoms. The zero-order valence-corrected chi connectivity index (χ0v) is 23.4. The number of sulfonamides is 1. The summed E-state index contributed by atoms with van der Waals surface area (Å²) in [5.74, 6) is -0.0731. The monoisotopic (exact) mass is 560 g/mol. The van der Waals surface area contributed by atoms with Crippen molar-refractivity contribution in [3.63, 3.8) is 0 Å². The van der Waals surface area contributed by atoms with Crippen molar-refractivity contribution in [2.75, 3.05) is 33.4 Å². The maximum Gasteiger partial charge on any atom is 0.243 e. The molecule has 4 rings (SSSR count). The van der Waals surface area contributed by atoms with E-state index in [2.05, 4.69) is 0 Å². The molecule has 0 saturated carbocycles. The summed E-state index contributed by atoms with van der Waals surface area (Å²) in [5.41, 5.74) is 0.956. The Bertz CT molecular complexity index is 1340. The summed E-state index contributed by atoms with van der Waals surface area (Å²) in [6.07, 6.45) is 1.44. The molecule has 0 radical (unpaired) electrons. The van der Waals surface area contributed by atoms with E-state index in [0.717, 1.165) is 16.9 Å². The van der Waals surface area contributed by atoms with Crippen molar-refractivity contribution in [1.82, 2.24) is 9.21 Å². The molecule has 0 N–H and O–H groups in total. The number of benzene rings is 2. The van der Waals surface area contributed by atoms with Gasteiger partial charge >= 0.3 is 0 Å². The highest BCUT2D eigenvalue weighted by molar-refractivity contribution is 7.89. The number of rotatable bonds is 11. The maximum absolute atomic E-state index is 14.2. The number of halogens is 1. The van der Waals surface area contributed by atoms with Gasteiger partial charge in [0.25, 0.3) is 0 Å². The lowest BCUT2D eigenvalue weighted by molar-refractivity contribution is -0.135. The van der Waals surface area contributed by atoms with E-state index in [1.54, 1.807) is 46.6 Å². The summed E-state index contributed by atoms with van der Waals surface area (Å²) in [6.45, 7) is 4.36. The van der Waals surface area contributed by atoms with E-state index in [-0.39, 0.29) is 42.2 Å². The molecule has 10 heteroatoms. The number of ether oxygens (including phenoxy) is 2. The zero-order chi connectivity index (χ0) is 27.3. The fraction of sp³-hybridized carbons (Fsp3) is 0.393. The fourth-order valence-electron chi connectivity index (χ4n) is 4.47. The second kappa shape index (κ2) is 12.3. The summed E-state index contributed by atoms with van der Waals surface area (Å²) < 4.78 is 53.7. The van der Waals surface area contributed by atoms with Crippen LogP contribution in [0.25, 0.3) is 0 Å².